The van der Waals surface area contributed by atoms with Crippen LogP contribution >= 0.6 is 0 Å². The number of anilines is 1. The van der Waals surface area contributed by atoms with Crippen molar-refractivity contribution in [3.63, 3.8) is 0 Å². The third kappa shape index (κ3) is 2.02. The highest BCUT2D eigenvalue weighted by atomic mass is 19.2. The molecule has 1 aliphatic carbocycles. The predicted molar refractivity (Wildman–Crippen MR) is 71.5 cm³/mol. The van der Waals surface area contributed by atoms with E-state index in [-0.39, 0.29) is 0 Å². The van der Waals surface area contributed by atoms with Crippen LogP contribution in [0.25, 0.3) is 0 Å². The van der Waals surface area contributed by atoms with Crippen molar-refractivity contribution in [2.45, 2.75) is 37.6 Å². The topological polar surface area (TPSA) is 32.7 Å². The Labute approximate surface area is 116 Å². The summed E-state index contributed by atoms with van der Waals surface area (Å²) in [5, 5.41) is 0. The summed E-state index contributed by atoms with van der Waals surface area (Å²) < 4.78 is 27.2. The Hall–Kier alpha value is -1.74. The molecule has 1 heterocycles. The molecule has 0 aromatic heterocycles. The smallest absolute Gasteiger partial charge is 0.235 e. The minimum atomic E-state index is -0.879. The Morgan fingerprint density at radius 2 is 1.75 bits per heavy atom. The molecule has 1 aliphatic heterocycles. The fourth-order valence-electron chi connectivity index (χ4n) is 3.17. The number of hydrogen-bond acceptors (Lipinski definition) is 3. The molecule has 3 nitrogen and oxygen atoms in total. The lowest BCUT2D eigenvalue weighted by molar-refractivity contribution is 0.255. The Morgan fingerprint density at radius 1 is 1.10 bits per heavy atom. The highest BCUT2D eigenvalue weighted by Gasteiger charge is 2.42. The van der Waals surface area contributed by atoms with Crippen LogP contribution in [0.2, 0.25) is 0 Å². The molecule has 0 spiro atoms. The Morgan fingerprint density at radius 3 is 2.30 bits per heavy atom. The summed E-state index contributed by atoms with van der Waals surface area (Å²) in [6, 6.07) is 2.46. The van der Waals surface area contributed by atoms with Crippen LogP contribution < -0.4 is 4.90 Å². The van der Waals surface area contributed by atoms with E-state index in [1.165, 1.54) is 12.1 Å². The van der Waals surface area contributed by atoms with E-state index in [4.69, 9.17) is 0 Å². The number of nitrogens with zero attached hydrogens (tertiary/aromatic N) is 2. The third-order valence-corrected chi connectivity index (χ3v) is 4.43. The number of isocyanates is 1. The number of aliphatic imine (C=N–C) groups is 1. The molecule has 2 aliphatic rings. The molecule has 0 bridgehead atoms. The van der Waals surface area contributed by atoms with E-state index < -0.39 is 17.2 Å². The SMILES string of the molecule is O=C=NC1(c2cc(F)c(F)cc2N2CCCC2)CCC1. The minimum absolute atomic E-state index is 0.632. The zero-order valence-electron chi connectivity index (χ0n) is 11.2. The standard InChI is InChI=1S/C15H16F2N2O/c16-12-8-11(15(18-10-20)4-3-5-15)14(9-13(12)17)19-6-1-2-7-19/h8-9H,1-7H2. The first-order chi connectivity index (χ1) is 9.66. The number of carbonyl (C=O) groups excluding carboxylic acids is 1. The first kappa shape index (κ1) is 13.3. The minimum Gasteiger partial charge on any atom is -0.371 e. The number of rotatable bonds is 3. The lowest BCUT2D eigenvalue weighted by atomic mass is 9.71. The van der Waals surface area contributed by atoms with Gasteiger partial charge in [-0.25, -0.2) is 13.6 Å². The quantitative estimate of drug-likeness (QED) is 0.628. The van der Waals surface area contributed by atoms with Gasteiger partial charge in [0.2, 0.25) is 6.08 Å². The van der Waals surface area contributed by atoms with Crippen molar-refractivity contribution in [3.8, 4) is 0 Å². The van der Waals surface area contributed by atoms with E-state index in [9.17, 15) is 13.6 Å². The average Bonchev–Trinajstić information content (AvgIpc) is 2.90. The van der Waals surface area contributed by atoms with E-state index in [0.29, 0.717) is 24.1 Å². The molecule has 5 heteroatoms. The fourth-order valence-corrected chi connectivity index (χ4v) is 3.17. The van der Waals surface area contributed by atoms with Crippen molar-refractivity contribution in [2.24, 2.45) is 4.99 Å². The summed E-state index contributed by atoms with van der Waals surface area (Å²) in [5.74, 6) is -1.73. The van der Waals surface area contributed by atoms with Gasteiger partial charge in [-0.3, -0.25) is 0 Å². The summed E-state index contributed by atoms with van der Waals surface area (Å²) in [6.45, 7) is 1.66. The normalized spacial score (nSPS) is 20.4. The van der Waals surface area contributed by atoms with E-state index >= 15 is 0 Å². The van der Waals surface area contributed by atoms with Crippen LogP contribution in [0.4, 0.5) is 14.5 Å². The van der Waals surface area contributed by atoms with Crippen LogP contribution in [-0.4, -0.2) is 19.2 Å². The second-order valence-corrected chi connectivity index (χ2v) is 5.57. The molecule has 20 heavy (non-hydrogen) atoms. The molecule has 0 atom stereocenters. The first-order valence-electron chi connectivity index (χ1n) is 7.00. The van der Waals surface area contributed by atoms with Crippen LogP contribution in [0.1, 0.15) is 37.7 Å². The molecule has 0 amide bonds. The van der Waals surface area contributed by atoms with Crippen LogP contribution in [0.15, 0.2) is 17.1 Å². The third-order valence-electron chi connectivity index (χ3n) is 4.43. The zero-order chi connectivity index (χ0) is 14.2. The largest absolute Gasteiger partial charge is 0.371 e. The molecule has 1 saturated carbocycles. The van der Waals surface area contributed by atoms with Crippen LogP contribution in [-0.2, 0) is 10.3 Å². The molecule has 0 unspecified atom stereocenters. The van der Waals surface area contributed by atoms with E-state index in [1.807, 2.05) is 0 Å². The lowest BCUT2D eigenvalue weighted by Crippen LogP contribution is -2.35. The number of halogens is 2. The van der Waals surface area contributed by atoms with Gasteiger partial charge in [0.1, 0.15) is 5.54 Å². The van der Waals surface area contributed by atoms with Crippen molar-refractivity contribution in [1.29, 1.82) is 0 Å². The van der Waals surface area contributed by atoms with Gasteiger partial charge in [-0.2, -0.15) is 4.99 Å². The number of benzene rings is 1. The monoisotopic (exact) mass is 278 g/mol. The predicted octanol–water partition coefficient (Wildman–Crippen LogP) is 3.28. The van der Waals surface area contributed by atoms with Crippen LogP contribution in [0.5, 0.6) is 0 Å². The molecule has 0 radical (unpaired) electrons. The van der Waals surface area contributed by atoms with Gasteiger partial charge in [0.05, 0.1) is 0 Å². The van der Waals surface area contributed by atoms with Gasteiger partial charge in [-0.15, -0.1) is 0 Å². The zero-order valence-corrected chi connectivity index (χ0v) is 11.2. The average molecular weight is 278 g/mol. The van der Waals surface area contributed by atoms with Crippen molar-refractivity contribution in [3.05, 3.63) is 29.3 Å². The maximum atomic E-state index is 13.6. The summed E-state index contributed by atoms with van der Waals surface area (Å²) in [7, 11) is 0. The second kappa shape index (κ2) is 4.98. The second-order valence-electron chi connectivity index (χ2n) is 5.57. The summed E-state index contributed by atoms with van der Waals surface area (Å²) in [4.78, 5) is 16.7. The maximum absolute atomic E-state index is 13.6. The van der Waals surface area contributed by atoms with Crippen LogP contribution in [0, 0.1) is 11.6 Å². The molecular weight excluding hydrogens is 262 g/mol. The molecule has 3 rings (SSSR count). The highest BCUT2D eigenvalue weighted by molar-refractivity contribution is 5.59. The molecular formula is C15H16F2N2O. The van der Waals surface area contributed by atoms with Crippen molar-refractivity contribution >= 4 is 11.8 Å². The van der Waals surface area contributed by atoms with Gasteiger partial charge >= 0.3 is 0 Å². The maximum Gasteiger partial charge on any atom is 0.235 e. The van der Waals surface area contributed by atoms with E-state index in [2.05, 4.69) is 9.89 Å². The molecule has 106 valence electrons. The van der Waals surface area contributed by atoms with Crippen molar-refractivity contribution in [2.75, 3.05) is 18.0 Å². The Bertz CT molecular complexity index is 571. The number of hydrogen-bond donors (Lipinski definition) is 0. The summed E-state index contributed by atoms with van der Waals surface area (Å²) in [6.07, 6.45) is 6.00. The molecule has 1 saturated heterocycles. The molecule has 1 aromatic rings. The Kier molecular flexibility index (Phi) is 3.30. The molecule has 1 aromatic carbocycles. The van der Waals surface area contributed by atoms with Gasteiger partial charge < -0.3 is 4.90 Å². The van der Waals surface area contributed by atoms with Crippen molar-refractivity contribution < 1.29 is 13.6 Å². The highest BCUT2D eigenvalue weighted by Crippen LogP contribution is 2.48. The van der Waals surface area contributed by atoms with E-state index in [1.54, 1.807) is 6.08 Å². The molecule has 0 N–H and O–H groups in total. The van der Waals surface area contributed by atoms with Gasteiger partial charge in [-0.1, -0.05) is 0 Å². The van der Waals surface area contributed by atoms with Crippen molar-refractivity contribution in [1.82, 2.24) is 0 Å². The Balaban J connectivity index is 2.12. The first-order valence-corrected chi connectivity index (χ1v) is 7.00. The van der Waals surface area contributed by atoms with Gasteiger partial charge in [0.25, 0.3) is 0 Å². The lowest BCUT2D eigenvalue weighted by Gasteiger charge is -2.39. The van der Waals surface area contributed by atoms with E-state index in [0.717, 1.165) is 32.4 Å². The summed E-state index contributed by atoms with van der Waals surface area (Å²) >= 11 is 0. The van der Waals surface area contributed by atoms with Gasteiger partial charge in [0.15, 0.2) is 11.6 Å². The van der Waals surface area contributed by atoms with Gasteiger partial charge in [0, 0.05) is 30.4 Å². The van der Waals surface area contributed by atoms with Gasteiger partial charge in [-0.05, 0) is 38.2 Å². The summed E-state index contributed by atoms with van der Waals surface area (Å²) in [5.41, 5.74) is 0.613. The van der Waals surface area contributed by atoms with Crippen LogP contribution in [0.3, 0.4) is 0 Å². The molecule has 2 fully saturated rings. The fraction of sp³-hybridized carbons (Fsp3) is 0.533.